The van der Waals surface area contributed by atoms with E-state index in [0.29, 0.717) is 12.1 Å². The molecular formula is C16H15N3O. The number of carbonyl (C=O) groups is 1. The number of rotatable bonds is 4. The van der Waals surface area contributed by atoms with Gasteiger partial charge in [-0.1, -0.05) is 18.2 Å². The van der Waals surface area contributed by atoms with Crippen molar-refractivity contribution in [1.82, 2.24) is 4.98 Å². The molecule has 0 saturated carbocycles. The molecule has 0 radical (unpaired) electrons. The number of carbonyl (C=O) groups excluding carboxylic acids is 1. The lowest BCUT2D eigenvalue weighted by Crippen LogP contribution is -2.28. The van der Waals surface area contributed by atoms with Gasteiger partial charge >= 0.3 is 0 Å². The molecule has 1 aromatic heterocycles. The Kier molecular flexibility index (Phi) is 4.46. The first-order valence-electron chi connectivity index (χ1n) is 6.33. The van der Waals surface area contributed by atoms with Gasteiger partial charge in [0.25, 0.3) is 0 Å². The molecule has 0 fully saturated rings. The summed E-state index contributed by atoms with van der Waals surface area (Å²) in [6.07, 6.45) is 2.20. The second kappa shape index (κ2) is 6.48. The molecule has 0 unspecified atom stereocenters. The standard InChI is InChI=1S/C16H15N3O/c1-19(15-5-3-2-4-6-15)16(20)12-14-11-13(7-9-17)8-10-18-14/h2-6,8,10-11H,7,12H2,1H3. The Morgan fingerprint density at radius 1 is 1.30 bits per heavy atom. The van der Waals surface area contributed by atoms with Crippen LogP contribution in [-0.4, -0.2) is 17.9 Å². The van der Waals surface area contributed by atoms with E-state index in [0.717, 1.165) is 11.3 Å². The van der Waals surface area contributed by atoms with E-state index in [1.807, 2.05) is 30.3 Å². The minimum atomic E-state index is -0.0298. The Balaban J connectivity index is 2.08. The van der Waals surface area contributed by atoms with Gasteiger partial charge in [-0.3, -0.25) is 9.78 Å². The van der Waals surface area contributed by atoms with E-state index >= 15 is 0 Å². The largest absolute Gasteiger partial charge is 0.315 e. The van der Waals surface area contributed by atoms with Crippen LogP contribution in [0.3, 0.4) is 0 Å². The molecule has 0 aliphatic heterocycles. The first-order chi connectivity index (χ1) is 9.70. The monoisotopic (exact) mass is 265 g/mol. The lowest BCUT2D eigenvalue weighted by Gasteiger charge is -2.17. The number of benzene rings is 1. The van der Waals surface area contributed by atoms with E-state index in [1.165, 1.54) is 0 Å². The maximum absolute atomic E-state index is 12.2. The highest BCUT2D eigenvalue weighted by atomic mass is 16.2. The molecule has 0 aliphatic rings. The third kappa shape index (κ3) is 3.42. The third-order valence-corrected chi connectivity index (χ3v) is 3.01. The second-order valence-electron chi connectivity index (χ2n) is 4.46. The first-order valence-corrected chi connectivity index (χ1v) is 6.33. The van der Waals surface area contributed by atoms with Crippen molar-refractivity contribution in [1.29, 1.82) is 5.26 Å². The summed E-state index contributed by atoms with van der Waals surface area (Å²) < 4.78 is 0. The summed E-state index contributed by atoms with van der Waals surface area (Å²) >= 11 is 0. The molecule has 1 amide bonds. The molecule has 0 saturated heterocycles. The number of para-hydroxylation sites is 1. The van der Waals surface area contributed by atoms with Crippen LogP contribution in [0.25, 0.3) is 0 Å². The quantitative estimate of drug-likeness (QED) is 0.852. The molecule has 1 aromatic carbocycles. The van der Waals surface area contributed by atoms with Crippen molar-refractivity contribution in [3.05, 3.63) is 59.9 Å². The highest BCUT2D eigenvalue weighted by Crippen LogP contribution is 2.13. The highest BCUT2D eigenvalue weighted by molar-refractivity contribution is 5.93. The molecule has 4 nitrogen and oxygen atoms in total. The number of likely N-dealkylation sites (N-methyl/N-ethyl adjacent to an activating group) is 1. The summed E-state index contributed by atoms with van der Waals surface area (Å²) in [4.78, 5) is 18.0. The van der Waals surface area contributed by atoms with Crippen LogP contribution in [0.4, 0.5) is 5.69 Å². The third-order valence-electron chi connectivity index (χ3n) is 3.01. The predicted octanol–water partition coefficient (Wildman–Crippen LogP) is 2.35. The molecule has 2 rings (SSSR count). The molecule has 20 heavy (non-hydrogen) atoms. The van der Waals surface area contributed by atoms with Gasteiger partial charge in [-0.25, -0.2) is 0 Å². The van der Waals surface area contributed by atoms with E-state index in [9.17, 15) is 4.79 Å². The number of hydrogen-bond donors (Lipinski definition) is 0. The Labute approximate surface area is 118 Å². The first kappa shape index (κ1) is 13.8. The molecule has 0 aliphatic carbocycles. The molecule has 0 bridgehead atoms. The average molecular weight is 265 g/mol. The number of aromatic nitrogens is 1. The second-order valence-corrected chi connectivity index (χ2v) is 4.46. The van der Waals surface area contributed by atoms with Crippen molar-refractivity contribution in [2.24, 2.45) is 0 Å². The number of nitrogens with zero attached hydrogens (tertiary/aromatic N) is 3. The molecule has 0 atom stereocenters. The van der Waals surface area contributed by atoms with Crippen LogP contribution in [-0.2, 0) is 17.6 Å². The van der Waals surface area contributed by atoms with E-state index in [2.05, 4.69) is 11.1 Å². The summed E-state index contributed by atoms with van der Waals surface area (Å²) in [6.45, 7) is 0. The molecule has 2 aromatic rings. The predicted molar refractivity (Wildman–Crippen MR) is 77.1 cm³/mol. The smallest absolute Gasteiger partial charge is 0.232 e. The fraction of sp³-hybridized carbons (Fsp3) is 0.188. The van der Waals surface area contributed by atoms with Gasteiger partial charge in [0, 0.05) is 24.6 Å². The van der Waals surface area contributed by atoms with Crippen molar-refractivity contribution in [2.45, 2.75) is 12.8 Å². The van der Waals surface area contributed by atoms with E-state index in [4.69, 9.17) is 5.26 Å². The van der Waals surface area contributed by atoms with Crippen molar-refractivity contribution >= 4 is 11.6 Å². The van der Waals surface area contributed by atoms with Gasteiger partial charge in [0.15, 0.2) is 0 Å². The Morgan fingerprint density at radius 2 is 2.05 bits per heavy atom. The van der Waals surface area contributed by atoms with Crippen molar-refractivity contribution in [3.63, 3.8) is 0 Å². The minimum Gasteiger partial charge on any atom is -0.315 e. The van der Waals surface area contributed by atoms with Crippen LogP contribution < -0.4 is 4.90 Å². The highest BCUT2D eigenvalue weighted by Gasteiger charge is 2.12. The van der Waals surface area contributed by atoms with Gasteiger partial charge in [0.05, 0.1) is 18.9 Å². The van der Waals surface area contributed by atoms with Gasteiger partial charge in [0.2, 0.25) is 5.91 Å². The van der Waals surface area contributed by atoms with Gasteiger partial charge in [0.1, 0.15) is 0 Å². The fourth-order valence-corrected chi connectivity index (χ4v) is 1.90. The number of nitriles is 1. The summed E-state index contributed by atoms with van der Waals surface area (Å²) in [5, 5.41) is 8.68. The van der Waals surface area contributed by atoms with Gasteiger partial charge < -0.3 is 4.90 Å². The molecule has 100 valence electrons. The fourth-order valence-electron chi connectivity index (χ4n) is 1.90. The van der Waals surface area contributed by atoms with Gasteiger partial charge in [-0.15, -0.1) is 0 Å². The van der Waals surface area contributed by atoms with Crippen LogP contribution >= 0.6 is 0 Å². The van der Waals surface area contributed by atoms with Crippen molar-refractivity contribution < 1.29 is 4.79 Å². The Morgan fingerprint density at radius 3 is 2.75 bits per heavy atom. The molecular weight excluding hydrogens is 250 g/mol. The molecule has 4 heteroatoms. The maximum atomic E-state index is 12.2. The zero-order valence-corrected chi connectivity index (χ0v) is 11.3. The molecule has 0 N–H and O–H groups in total. The van der Waals surface area contributed by atoms with Crippen molar-refractivity contribution in [3.8, 4) is 6.07 Å². The zero-order valence-electron chi connectivity index (χ0n) is 11.3. The zero-order chi connectivity index (χ0) is 14.4. The topological polar surface area (TPSA) is 57.0 Å². The lowest BCUT2D eigenvalue weighted by molar-refractivity contribution is -0.117. The summed E-state index contributed by atoms with van der Waals surface area (Å²) in [6, 6.07) is 15.2. The summed E-state index contributed by atoms with van der Waals surface area (Å²) in [7, 11) is 1.75. The minimum absolute atomic E-state index is 0.0298. The van der Waals surface area contributed by atoms with Crippen LogP contribution in [0.5, 0.6) is 0 Å². The molecule has 0 spiro atoms. The van der Waals surface area contributed by atoms with Crippen molar-refractivity contribution in [2.75, 3.05) is 11.9 Å². The number of amides is 1. The number of anilines is 1. The maximum Gasteiger partial charge on any atom is 0.232 e. The normalized spacial score (nSPS) is 9.80. The van der Waals surface area contributed by atoms with E-state index in [-0.39, 0.29) is 12.3 Å². The van der Waals surface area contributed by atoms with Gasteiger partial charge in [-0.2, -0.15) is 5.26 Å². The SMILES string of the molecule is CN(C(=O)Cc1cc(CC#N)ccn1)c1ccccc1. The van der Waals surface area contributed by atoms with Crippen LogP contribution in [0, 0.1) is 11.3 Å². The van der Waals surface area contributed by atoms with E-state index in [1.54, 1.807) is 30.3 Å². The average Bonchev–Trinajstić information content (AvgIpc) is 2.48. The van der Waals surface area contributed by atoms with Crippen LogP contribution in [0.15, 0.2) is 48.7 Å². The van der Waals surface area contributed by atoms with E-state index < -0.39 is 0 Å². The van der Waals surface area contributed by atoms with Crippen LogP contribution in [0.2, 0.25) is 0 Å². The Hall–Kier alpha value is -2.67. The molecule has 1 heterocycles. The Bertz CT molecular complexity index is 632. The van der Waals surface area contributed by atoms with Gasteiger partial charge in [-0.05, 0) is 29.8 Å². The number of hydrogen-bond acceptors (Lipinski definition) is 3. The van der Waals surface area contributed by atoms with Crippen LogP contribution in [0.1, 0.15) is 11.3 Å². The summed E-state index contributed by atoms with van der Waals surface area (Å²) in [5.41, 5.74) is 2.42. The summed E-state index contributed by atoms with van der Waals surface area (Å²) in [5.74, 6) is -0.0298. The lowest BCUT2D eigenvalue weighted by atomic mass is 10.1. The number of pyridine rings is 1.